The highest BCUT2D eigenvalue weighted by atomic mass is 32.1. The number of nitrogens with two attached hydrogens (primary N) is 1. The van der Waals surface area contributed by atoms with Crippen LogP contribution in [0.5, 0.6) is 0 Å². The van der Waals surface area contributed by atoms with Crippen LogP contribution in [0.2, 0.25) is 0 Å². The number of Topliss-reactive ketones (excluding diaryl/α,β-unsaturated/α-hetero) is 1. The van der Waals surface area contributed by atoms with Crippen LogP contribution >= 0.6 is 19.9 Å². The number of carbonyl (C=O) groups is 3. The van der Waals surface area contributed by atoms with E-state index < -0.39 is 13.2 Å². The first-order valence-electron chi connectivity index (χ1n) is 23.0. The van der Waals surface area contributed by atoms with Gasteiger partial charge in [0, 0.05) is 24.3 Å². The molecule has 2 fully saturated rings. The maximum absolute atomic E-state index is 12.8. The van der Waals surface area contributed by atoms with E-state index in [4.69, 9.17) is 15.6 Å². The molecule has 2 aliphatic carbocycles. The predicted molar refractivity (Wildman–Crippen MR) is 266 cm³/mol. The molecule has 0 heterocycles. The Bertz CT molecular complexity index is 1900. The molecule has 0 aromatic heterocycles. The monoisotopic (exact) mass is 894 g/mol. The van der Waals surface area contributed by atoms with Gasteiger partial charge in [-0.15, -0.1) is 6.58 Å². The minimum absolute atomic E-state index is 0.0752. The number of rotatable bonds is 16. The third kappa shape index (κ3) is 14.2. The lowest BCUT2D eigenvalue weighted by Gasteiger charge is -2.49. The molecule has 8 atom stereocenters. The van der Waals surface area contributed by atoms with Crippen LogP contribution in [0.1, 0.15) is 115 Å². The number of carboxylic acids is 1. The summed E-state index contributed by atoms with van der Waals surface area (Å²) in [6.07, 6.45) is 12.0. The summed E-state index contributed by atoms with van der Waals surface area (Å²) in [5, 5.41) is 21.5. The maximum Gasteiger partial charge on any atom is 0.338 e. The Morgan fingerprint density at radius 3 is 1.84 bits per heavy atom. The highest BCUT2D eigenvalue weighted by Crippen LogP contribution is 2.58. The van der Waals surface area contributed by atoms with Crippen LogP contribution in [-0.4, -0.2) is 51.9 Å². The number of hydrogen-bond donors (Lipinski definition) is 4. The van der Waals surface area contributed by atoms with Crippen LogP contribution in [0.25, 0.3) is 0 Å². The van der Waals surface area contributed by atoms with E-state index >= 15 is 0 Å². The Kier molecular flexibility index (Phi) is 20.8. The Hall–Kier alpha value is -4.07. The van der Waals surface area contributed by atoms with Crippen LogP contribution in [0.15, 0.2) is 128 Å². The third-order valence-corrected chi connectivity index (χ3v) is 18.1. The van der Waals surface area contributed by atoms with Crippen molar-refractivity contribution in [2.45, 2.75) is 123 Å². The number of ketones is 1. The molecule has 4 N–H and O–H groups in total. The van der Waals surface area contributed by atoms with Crippen molar-refractivity contribution in [2.24, 2.45) is 34.8 Å². The molecular weight excluding hydrogens is 822 g/mol. The van der Waals surface area contributed by atoms with E-state index in [9.17, 15) is 19.5 Å². The zero-order valence-corrected chi connectivity index (χ0v) is 40.1. The van der Waals surface area contributed by atoms with Gasteiger partial charge in [-0.25, -0.2) is 4.79 Å². The summed E-state index contributed by atoms with van der Waals surface area (Å²) in [4.78, 5) is 34.8. The molecule has 0 radical (unpaired) electrons. The molecule has 0 bridgehead atoms. The summed E-state index contributed by atoms with van der Waals surface area (Å²) in [6.45, 7) is 14.5. The molecule has 2 aliphatic rings. The fourth-order valence-corrected chi connectivity index (χ4v) is 14.1. The van der Waals surface area contributed by atoms with Crippen LogP contribution in [0.4, 0.5) is 0 Å². The molecular formula is C54H73NO6PS+. The summed E-state index contributed by atoms with van der Waals surface area (Å²) in [6, 6.07) is 40.7. The van der Waals surface area contributed by atoms with Gasteiger partial charge in [0.05, 0.1) is 23.6 Å². The van der Waals surface area contributed by atoms with E-state index in [0.717, 1.165) is 57.5 Å². The molecule has 340 valence electrons. The van der Waals surface area contributed by atoms with Gasteiger partial charge in [-0.05, 0) is 130 Å². The number of aliphatic hydroxyl groups is 1. The number of thiol groups is 1. The number of aliphatic carboxylic acids is 1. The topological polar surface area (TPSA) is 127 Å². The van der Waals surface area contributed by atoms with Gasteiger partial charge < -0.3 is 20.7 Å². The summed E-state index contributed by atoms with van der Waals surface area (Å²) < 4.78 is 5.78. The van der Waals surface area contributed by atoms with E-state index in [0.29, 0.717) is 29.6 Å². The second-order valence-electron chi connectivity index (χ2n) is 17.9. The molecule has 6 rings (SSSR count). The predicted octanol–water partition coefficient (Wildman–Crippen LogP) is 10.6. The minimum Gasteiger partial charge on any atom is -0.481 e. The van der Waals surface area contributed by atoms with E-state index in [-0.39, 0.29) is 47.2 Å². The van der Waals surface area contributed by atoms with Crippen molar-refractivity contribution in [1.29, 1.82) is 0 Å². The fourth-order valence-electron chi connectivity index (χ4n) is 9.89. The largest absolute Gasteiger partial charge is 0.481 e. The number of benzene rings is 4. The highest BCUT2D eigenvalue weighted by Gasteiger charge is 2.48. The molecule has 8 unspecified atom stereocenters. The van der Waals surface area contributed by atoms with Gasteiger partial charge in [0.15, 0.2) is 0 Å². The van der Waals surface area contributed by atoms with Crippen LogP contribution in [0, 0.1) is 29.1 Å². The number of aliphatic hydroxyl groups excluding tert-OH is 1. The van der Waals surface area contributed by atoms with Gasteiger partial charge in [-0.2, -0.15) is 12.6 Å². The zero-order valence-electron chi connectivity index (χ0n) is 38.3. The first-order valence-corrected chi connectivity index (χ1v) is 25.6. The number of hydrogen-bond acceptors (Lipinski definition) is 7. The number of carbonyl (C=O) groups excluding carboxylic acids is 2. The summed E-state index contributed by atoms with van der Waals surface area (Å²) in [5.41, 5.74) is 7.96. The summed E-state index contributed by atoms with van der Waals surface area (Å²) >= 11 is 3.42. The second kappa shape index (κ2) is 25.4. The Balaban J connectivity index is 0.000000275. The smallest absolute Gasteiger partial charge is 0.338 e. The van der Waals surface area contributed by atoms with Crippen molar-refractivity contribution >= 4 is 53.5 Å². The van der Waals surface area contributed by atoms with Crippen molar-refractivity contribution in [3.05, 3.63) is 139 Å². The van der Waals surface area contributed by atoms with Crippen molar-refractivity contribution in [3.8, 4) is 0 Å². The van der Waals surface area contributed by atoms with E-state index in [1.54, 1.807) is 0 Å². The highest BCUT2D eigenvalue weighted by molar-refractivity contribution is 7.95. The van der Waals surface area contributed by atoms with Crippen molar-refractivity contribution < 1.29 is 29.3 Å². The summed E-state index contributed by atoms with van der Waals surface area (Å²) in [7, 11) is -1.98. The van der Waals surface area contributed by atoms with Gasteiger partial charge in [-0.3, -0.25) is 9.59 Å². The SMILES string of the molecule is C=CC(CCC1(C)CCC(C)C(CC)C1C(=O)CC)C(C)O.NC1CCCC(OC(=O)c2ccc(C[P+](c3ccccc3)(c3ccccc3)c3ccccc3)cc2)C1.O=C(O)CS. The Labute approximate surface area is 384 Å². The average Bonchev–Trinajstić information content (AvgIpc) is 3.30. The van der Waals surface area contributed by atoms with Crippen LogP contribution in [-0.2, 0) is 20.5 Å². The molecule has 0 saturated heterocycles. The van der Waals surface area contributed by atoms with Crippen LogP contribution in [0.3, 0.4) is 0 Å². The van der Waals surface area contributed by atoms with Gasteiger partial charge in [-0.1, -0.05) is 107 Å². The molecule has 2 saturated carbocycles. The van der Waals surface area contributed by atoms with E-state index in [1.165, 1.54) is 27.9 Å². The van der Waals surface area contributed by atoms with Crippen molar-refractivity contribution in [2.75, 3.05) is 5.75 Å². The van der Waals surface area contributed by atoms with Crippen molar-refractivity contribution in [1.82, 2.24) is 0 Å². The normalized spacial score (nSPS) is 23.0. The first kappa shape index (κ1) is 51.6. The lowest BCUT2D eigenvalue weighted by atomic mass is 9.55. The number of esters is 1. The Morgan fingerprint density at radius 2 is 1.41 bits per heavy atom. The zero-order chi connectivity index (χ0) is 46.0. The summed E-state index contributed by atoms with van der Waals surface area (Å²) in [5.74, 6) is 0.696. The number of ether oxygens (including phenoxy) is 1. The van der Waals surface area contributed by atoms with Gasteiger partial charge >= 0.3 is 11.9 Å². The molecule has 0 spiro atoms. The average molecular weight is 895 g/mol. The minimum atomic E-state index is -1.98. The first-order chi connectivity index (χ1) is 30.2. The maximum atomic E-state index is 12.8. The lowest BCUT2D eigenvalue weighted by molar-refractivity contribution is -0.135. The molecule has 4 aromatic rings. The standard InChI is InChI=1S/C32H33NO2P.C20H36O2.C2H4O2S/c33-27-11-10-12-28(23-27)35-32(34)26-21-19-25(20-22-26)24-36(29-13-4-1-5-14-29,30-15-6-2-7-16-30)31-17-8-3-9-18-31;1-7-16(15(5)21)11-13-20(6)12-10-14(4)17(8-2)19(20)18(22)9-3;3-2(4)1-5/h1-9,13-22,27-28H,10-12,23-24,33H2;7,14-17,19,21H,1,8-13H2,2-6H3;5H,1H2,(H,3,4)/q+1;;. The quantitative estimate of drug-likeness (QED) is 0.0382. The van der Waals surface area contributed by atoms with Crippen LogP contribution < -0.4 is 21.6 Å². The molecule has 63 heavy (non-hydrogen) atoms. The molecule has 4 aromatic carbocycles. The lowest BCUT2D eigenvalue weighted by Crippen LogP contribution is -2.45. The van der Waals surface area contributed by atoms with E-state index in [2.05, 4.69) is 143 Å². The molecule has 9 heteroatoms. The van der Waals surface area contributed by atoms with E-state index in [1.807, 2.05) is 32.1 Å². The third-order valence-electron chi connectivity index (χ3n) is 13.5. The molecule has 0 amide bonds. The Morgan fingerprint density at radius 1 is 0.889 bits per heavy atom. The fraction of sp³-hybridized carbons (Fsp3) is 0.463. The van der Waals surface area contributed by atoms with Gasteiger partial charge in [0.2, 0.25) is 0 Å². The molecule has 0 aliphatic heterocycles. The van der Waals surface area contributed by atoms with Gasteiger partial charge in [0.25, 0.3) is 0 Å². The molecule has 7 nitrogen and oxygen atoms in total. The van der Waals surface area contributed by atoms with Gasteiger partial charge in [0.1, 0.15) is 35.1 Å². The number of carboxylic acid groups (broad SMARTS) is 1. The van der Waals surface area contributed by atoms with Crippen molar-refractivity contribution in [3.63, 3.8) is 0 Å². The second-order valence-corrected chi connectivity index (χ2v) is 21.7.